The molecule has 0 saturated carbocycles. The molecule has 7 nitrogen and oxygen atoms in total. The number of phenolic OH excluding ortho intramolecular Hbond substituents is 1. The second-order valence-corrected chi connectivity index (χ2v) is 8.39. The van der Waals surface area contributed by atoms with Crippen LogP contribution in [0.1, 0.15) is 37.2 Å². The van der Waals surface area contributed by atoms with Gasteiger partial charge in [-0.15, -0.1) is 6.42 Å². The van der Waals surface area contributed by atoms with Crippen LogP contribution in [0.3, 0.4) is 0 Å². The fourth-order valence-electron chi connectivity index (χ4n) is 4.42. The highest BCUT2D eigenvalue weighted by molar-refractivity contribution is 5.92. The number of nitrogens with zero attached hydrogens (tertiary/aromatic N) is 4. The summed E-state index contributed by atoms with van der Waals surface area (Å²) in [6.45, 7) is 5.88. The van der Waals surface area contributed by atoms with Crippen LogP contribution in [0.15, 0.2) is 24.3 Å². The minimum atomic E-state index is -0.459. The fourth-order valence-corrected chi connectivity index (χ4v) is 4.42. The van der Waals surface area contributed by atoms with Gasteiger partial charge in [-0.25, -0.2) is 4.39 Å². The first-order valence-electron chi connectivity index (χ1n) is 11.1. The lowest BCUT2D eigenvalue weighted by molar-refractivity contribution is 0.362. The molecule has 1 aliphatic heterocycles. The van der Waals surface area contributed by atoms with E-state index in [1.165, 1.54) is 13.2 Å². The predicted molar refractivity (Wildman–Crippen MR) is 126 cm³/mol. The van der Waals surface area contributed by atoms with Crippen LogP contribution in [-0.4, -0.2) is 52.3 Å². The lowest BCUT2D eigenvalue weighted by Crippen LogP contribution is -2.55. The topological polar surface area (TPSA) is 83.4 Å². The van der Waals surface area contributed by atoms with E-state index in [1.54, 1.807) is 18.2 Å². The number of piperazine rings is 1. The number of aryl methyl sites for hydroxylation is 2. The predicted octanol–water partition coefficient (Wildman–Crippen LogP) is 3.22. The number of aromatic hydroxyl groups is 1. The first kappa shape index (κ1) is 22.7. The van der Waals surface area contributed by atoms with E-state index in [0.29, 0.717) is 47.5 Å². The molecule has 33 heavy (non-hydrogen) atoms. The third-order valence-electron chi connectivity index (χ3n) is 5.96. The molecule has 0 amide bonds. The second kappa shape index (κ2) is 9.59. The smallest absolute Gasteiger partial charge is 0.321 e. The molecule has 8 heteroatoms. The summed E-state index contributed by atoms with van der Waals surface area (Å²) in [5.74, 6) is 3.23. The Morgan fingerprint density at radius 3 is 2.79 bits per heavy atom. The van der Waals surface area contributed by atoms with Crippen molar-refractivity contribution in [2.24, 2.45) is 0 Å². The first-order valence-corrected chi connectivity index (χ1v) is 11.1. The van der Waals surface area contributed by atoms with Gasteiger partial charge in [0.2, 0.25) is 5.95 Å². The maximum absolute atomic E-state index is 14.3. The SMILES string of the molecule is C#Cc1c(F)ccc2cc(O)cc(CCc3nc(OC)nc(N4CC(C)NC(CC)C4)n3)c12. The Bertz CT molecular complexity index is 1210. The third kappa shape index (κ3) is 4.83. The van der Waals surface area contributed by atoms with Gasteiger partial charge in [-0.2, -0.15) is 15.0 Å². The molecule has 0 bridgehead atoms. The summed E-state index contributed by atoms with van der Waals surface area (Å²) in [5, 5.41) is 15.1. The number of benzene rings is 2. The van der Waals surface area contributed by atoms with Gasteiger partial charge >= 0.3 is 6.01 Å². The molecule has 2 atom stereocenters. The van der Waals surface area contributed by atoms with Gasteiger partial charge in [-0.3, -0.25) is 0 Å². The summed E-state index contributed by atoms with van der Waals surface area (Å²) >= 11 is 0. The molecule has 2 aromatic carbocycles. The molecular weight excluding hydrogens is 421 g/mol. The Balaban J connectivity index is 1.66. The van der Waals surface area contributed by atoms with Crippen molar-refractivity contribution in [2.75, 3.05) is 25.1 Å². The minimum Gasteiger partial charge on any atom is -0.508 e. The van der Waals surface area contributed by atoms with Crippen molar-refractivity contribution in [3.05, 3.63) is 47.0 Å². The van der Waals surface area contributed by atoms with Gasteiger partial charge in [0, 0.05) is 37.0 Å². The number of aromatic nitrogens is 3. The molecule has 1 aromatic heterocycles. The van der Waals surface area contributed by atoms with Crippen LogP contribution in [0.4, 0.5) is 10.3 Å². The van der Waals surface area contributed by atoms with E-state index in [2.05, 4.69) is 40.0 Å². The van der Waals surface area contributed by atoms with Gasteiger partial charge in [0.1, 0.15) is 17.4 Å². The van der Waals surface area contributed by atoms with Gasteiger partial charge in [0.25, 0.3) is 0 Å². The fraction of sp³-hybridized carbons (Fsp3) is 0.400. The van der Waals surface area contributed by atoms with Crippen molar-refractivity contribution in [2.45, 2.75) is 45.2 Å². The van der Waals surface area contributed by atoms with Crippen LogP contribution in [0.5, 0.6) is 11.8 Å². The van der Waals surface area contributed by atoms with Crippen molar-refractivity contribution < 1.29 is 14.2 Å². The summed E-state index contributed by atoms with van der Waals surface area (Å²) in [6, 6.07) is 7.06. The van der Waals surface area contributed by atoms with Crippen LogP contribution in [0.25, 0.3) is 10.8 Å². The highest BCUT2D eigenvalue weighted by atomic mass is 19.1. The van der Waals surface area contributed by atoms with E-state index in [4.69, 9.17) is 16.1 Å². The summed E-state index contributed by atoms with van der Waals surface area (Å²) in [5.41, 5.74) is 0.928. The lowest BCUT2D eigenvalue weighted by atomic mass is 9.95. The van der Waals surface area contributed by atoms with E-state index < -0.39 is 5.82 Å². The molecule has 0 radical (unpaired) electrons. The number of ether oxygens (including phenoxy) is 1. The largest absolute Gasteiger partial charge is 0.508 e. The van der Waals surface area contributed by atoms with Gasteiger partial charge in [0.05, 0.1) is 12.7 Å². The molecule has 2 N–H and O–H groups in total. The zero-order valence-corrected chi connectivity index (χ0v) is 19.1. The van der Waals surface area contributed by atoms with Crippen LogP contribution < -0.4 is 15.0 Å². The number of phenols is 1. The summed E-state index contributed by atoms with van der Waals surface area (Å²) in [6.07, 6.45) is 7.51. The average molecular weight is 450 g/mol. The number of halogens is 1. The maximum atomic E-state index is 14.3. The highest BCUT2D eigenvalue weighted by Gasteiger charge is 2.25. The van der Waals surface area contributed by atoms with Crippen LogP contribution in [0, 0.1) is 18.2 Å². The molecule has 4 rings (SSSR count). The second-order valence-electron chi connectivity index (χ2n) is 8.39. The monoisotopic (exact) mass is 449 g/mol. The first-order chi connectivity index (χ1) is 15.9. The maximum Gasteiger partial charge on any atom is 0.321 e. The normalized spacial score (nSPS) is 18.3. The van der Waals surface area contributed by atoms with E-state index in [-0.39, 0.29) is 17.3 Å². The molecule has 2 heterocycles. The standard InChI is InChI=1S/C25H28FN5O2/c1-5-18-14-31(13-15(3)27-18)24-28-22(29-25(30-24)33-4)10-8-17-12-19(32)11-16-7-9-21(26)20(6-2)23(16)17/h2,7,9,11-12,15,18,27,32H,5,8,10,13-14H2,1,3-4H3. The molecular formula is C25H28FN5O2. The number of hydrogen-bond acceptors (Lipinski definition) is 7. The van der Waals surface area contributed by atoms with Crippen molar-refractivity contribution in [3.8, 4) is 24.1 Å². The summed E-state index contributed by atoms with van der Waals surface area (Å²) < 4.78 is 19.7. The number of nitrogens with one attached hydrogen (secondary N) is 1. The molecule has 1 fully saturated rings. The van der Waals surface area contributed by atoms with Crippen molar-refractivity contribution in [1.82, 2.24) is 20.3 Å². The van der Waals surface area contributed by atoms with Crippen LogP contribution in [0.2, 0.25) is 0 Å². The Kier molecular flexibility index (Phi) is 6.61. The van der Waals surface area contributed by atoms with Gasteiger partial charge < -0.3 is 20.1 Å². The highest BCUT2D eigenvalue weighted by Crippen LogP contribution is 2.30. The van der Waals surface area contributed by atoms with Crippen LogP contribution in [-0.2, 0) is 12.8 Å². The number of hydrogen-bond donors (Lipinski definition) is 2. The van der Waals surface area contributed by atoms with E-state index >= 15 is 0 Å². The Morgan fingerprint density at radius 2 is 2.06 bits per heavy atom. The van der Waals surface area contributed by atoms with Crippen molar-refractivity contribution >= 4 is 16.7 Å². The van der Waals surface area contributed by atoms with E-state index in [1.807, 2.05) is 0 Å². The molecule has 0 aliphatic carbocycles. The van der Waals surface area contributed by atoms with Crippen molar-refractivity contribution in [1.29, 1.82) is 0 Å². The minimum absolute atomic E-state index is 0.0985. The zero-order chi connectivity index (χ0) is 23.5. The van der Waals surface area contributed by atoms with E-state index in [9.17, 15) is 9.50 Å². The van der Waals surface area contributed by atoms with Crippen molar-refractivity contribution in [3.63, 3.8) is 0 Å². The quantitative estimate of drug-likeness (QED) is 0.559. The van der Waals surface area contributed by atoms with Gasteiger partial charge in [0.15, 0.2) is 0 Å². The summed E-state index contributed by atoms with van der Waals surface area (Å²) in [7, 11) is 1.53. The average Bonchev–Trinajstić information content (AvgIpc) is 2.82. The molecule has 3 aromatic rings. The van der Waals surface area contributed by atoms with E-state index in [0.717, 1.165) is 25.1 Å². The number of methoxy groups -OCH3 is 1. The molecule has 0 spiro atoms. The Morgan fingerprint density at radius 1 is 1.24 bits per heavy atom. The zero-order valence-electron chi connectivity index (χ0n) is 19.1. The number of terminal acetylenes is 1. The number of fused-ring (bicyclic) bond motifs is 1. The molecule has 172 valence electrons. The Labute approximate surface area is 193 Å². The summed E-state index contributed by atoms with van der Waals surface area (Å²) in [4.78, 5) is 15.7. The number of anilines is 1. The molecule has 2 unspecified atom stereocenters. The lowest BCUT2D eigenvalue weighted by Gasteiger charge is -2.37. The number of rotatable bonds is 6. The van der Waals surface area contributed by atoms with Gasteiger partial charge in [-0.05, 0) is 48.9 Å². The van der Waals surface area contributed by atoms with Crippen LogP contribution >= 0.6 is 0 Å². The molecule has 1 saturated heterocycles. The molecule has 1 aliphatic rings. The van der Waals surface area contributed by atoms with Gasteiger partial charge in [-0.1, -0.05) is 18.9 Å². The Hall–Kier alpha value is -3.44. The third-order valence-corrected chi connectivity index (χ3v) is 5.96.